The molecule has 0 aliphatic heterocycles. The van der Waals surface area contributed by atoms with Crippen molar-refractivity contribution < 1.29 is 0 Å². The Morgan fingerprint density at radius 2 is 2.00 bits per heavy atom. The van der Waals surface area contributed by atoms with Crippen LogP contribution in [0.1, 0.15) is 40.5 Å². The molecule has 0 heteroatoms. The first-order valence-electron chi connectivity index (χ1n) is 5.14. The lowest BCUT2D eigenvalue weighted by Crippen LogP contribution is -1.98. The third-order valence-corrected chi connectivity index (χ3v) is 4.57. The SMILES string of the molecule is CCC(C)C1C(C)C12CC2C. The molecule has 1 spiro atoms. The minimum absolute atomic E-state index is 0.857. The lowest BCUT2D eigenvalue weighted by Gasteiger charge is -2.05. The molecule has 0 aromatic heterocycles. The quantitative estimate of drug-likeness (QED) is 0.569. The zero-order valence-electron chi connectivity index (χ0n) is 8.22. The van der Waals surface area contributed by atoms with Crippen LogP contribution in [0.3, 0.4) is 0 Å². The predicted octanol–water partition coefficient (Wildman–Crippen LogP) is 3.32. The zero-order chi connectivity index (χ0) is 8.22. The van der Waals surface area contributed by atoms with Gasteiger partial charge in [-0.15, -0.1) is 0 Å². The van der Waals surface area contributed by atoms with E-state index in [0.29, 0.717) is 0 Å². The van der Waals surface area contributed by atoms with Gasteiger partial charge in [0.05, 0.1) is 0 Å². The molecular formula is C11H20. The van der Waals surface area contributed by atoms with Crippen LogP contribution in [0.5, 0.6) is 0 Å². The molecule has 0 radical (unpaired) electrons. The van der Waals surface area contributed by atoms with Crippen molar-refractivity contribution in [1.82, 2.24) is 0 Å². The van der Waals surface area contributed by atoms with Crippen molar-refractivity contribution in [3.8, 4) is 0 Å². The molecular weight excluding hydrogens is 132 g/mol. The van der Waals surface area contributed by atoms with Crippen LogP contribution < -0.4 is 0 Å². The summed E-state index contributed by atoms with van der Waals surface area (Å²) in [5.74, 6) is 4.17. The average Bonchev–Trinajstić information content (AvgIpc) is 2.77. The molecule has 0 bridgehead atoms. The van der Waals surface area contributed by atoms with Gasteiger partial charge in [-0.05, 0) is 35.5 Å². The van der Waals surface area contributed by atoms with Gasteiger partial charge in [-0.1, -0.05) is 34.1 Å². The van der Waals surface area contributed by atoms with Gasteiger partial charge in [0.15, 0.2) is 0 Å². The summed E-state index contributed by atoms with van der Waals surface area (Å²) in [6, 6.07) is 0. The van der Waals surface area contributed by atoms with E-state index in [1.165, 1.54) is 12.8 Å². The van der Waals surface area contributed by atoms with Gasteiger partial charge >= 0.3 is 0 Å². The van der Waals surface area contributed by atoms with E-state index in [1.807, 2.05) is 0 Å². The van der Waals surface area contributed by atoms with E-state index in [9.17, 15) is 0 Å². The van der Waals surface area contributed by atoms with E-state index in [1.54, 1.807) is 0 Å². The molecule has 5 unspecified atom stereocenters. The van der Waals surface area contributed by atoms with E-state index in [2.05, 4.69) is 27.7 Å². The molecule has 0 nitrogen and oxygen atoms in total. The Morgan fingerprint density at radius 3 is 2.27 bits per heavy atom. The summed E-state index contributed by atoms with van der Waals surface area (Å²) in [6.07, 6.45) is 2.91. The van der Waals surface area contributed by atoms with Gasteiger partial charge in [0.2, 0.25) is 0 Å². The number of hydrogen-bond donors (Lipinski definition) is 0. The third kappa shape index (κ3) is 0.761. The zero-order valence-corrected chi connectivity index (χ0v) is 8.22. The fraction of sp³-hybridized carbons (Fsp3) is 1.00. The Kier molecular flexibility index (Phi) is 1.41. The summed E-state index contributed by atoms with van der Waals surface area (Å²) >= 11 is 0. The second-order valence-electron chi connectivity index (χ2n) is 4.92. The summed E-state index contributed by atoms with van der Waals surface area (Å²) in [5, 5.41) is 0. The Balaban J connectivity index is 2.00. The molecule has 0 aromatic carbocycles. The van der Waals surface area contributed by atoms with Crippen molar-refractivity contribution in [3.05, 3.63) is 0 Å². The summed E-state index contributed by atoms with van der Waals surface area (Å²) in [7, 11) is 0. The molecule has 2 rings (SSSR count). The lowest BCUT2D eigenvalue weighted by molar-refractivity contribution is 0.439. The molecule has 0 N–H and O–H groups in total. The maximum absolute atomic E-state index is 2.46. The van der Waals surface area contributed by atoms with E-state index in [-0.39, 0.29) is 0 Å². The number of rotatable bonds is 2. The van der Waals surface area contributed by atoms with Crippen LogP contribution in [0.4, 0.5) is 0 Å². The van der Waals surface area contributed by atoms with Crippen molar-refractivity contribution >= 4 is 0 Å². The van der Waals surface area contributed by atoms with Crippen LogP contribution >= 0.6 is 0 Å². The van der Waals surface area contributed by atoms with Crippen LogP contribution in [0.25, 0.3) is 0 Å². The standard InChI is InChI=1S/C11H20/c1-5-7(2)10-9(4)11(10)6-8(11)3/h7-10H,5-6H2,1-4H3. The highest BCUT2D eigenvalue weighted by Gasteiger charge is 2.74. The molecule has 64 valence electrons. The Morgan fingerprint density at radius 1 is 1.45 bits per heavy atom. The molecule has 5 atom stereocenters. The van der Waals surface area contributed by atoms with Crippen LogP contribution in [0, 0.1) is 29.1 Å². The van der Waals surface area contributed by atoms with Crippen LogP contribution in [-0.4, -0.2) is 0 Å². The monoisotopic (exact) mass is 152 g/mol. The molecule has 0 saturated heterocycles. The maximum Gasteiger partial charge on any atom is -0.0207 e. The molecule has 0 aromatic rings. The third-order valence-electron chi connectivity index (χ3n) is 4.57. The van der Waals surface area contributed by atoms with Gasteiger partial charge < -0.3 is 0 Å². The largest absolute Gasteiger partial charge is 0.0651 e. The summed E-state index contributed by atoms with van der Waals surface area (Å²) in [4.78, 5) is 0. The highest BCUT2D eigenvalue weighted by atomic mass is 14.8. The van der Waals surface area contributed by atoms with Gasteiger partial charge in [0, 0.05) is 0 Å². The molecule has 2 aliphatic carbocycles. The highest BCUT2D eigenvalue weighted by molar-refractivity contribution is 5.22. The van der Waals surface area contributed by atoms with E-state index in [4.69, 9.17) is 0 Å². The Hall–Kier alpha value is 0. The first kappa shape index (κ1) is 7.64. The van der Waals surface area contributed by atoms with Crippen LogP contribution in [0.2, 0.25) is 0 Å². The van der Waals surface area contributed by atoms with E-state index >= 15 is 0 Å². The van der Waals surface area contributed by atoms with Crippen molar-refractivity contribution in [2.24, 2.45) is 29.1 Å². The van der Waals surface area contributed by atoms with Gasteiger partial charge in [-0.2, -0.15) is 0 Å². The van der Waals surface area contributed by atoms with Crippen molar-refractivity contribution in [1.29, 1.82) is 0 Å². The Bertz CT molecular complexity index is 169. The van der Waals surface area contributed by atoms with Crippen molar-refractivity contribution in [2.45, 2.75) is 40.5 Å². The van der Waals surface area contributed by atoms with Crippen molar-refractivity contribution in [2.75, 3.05) is 0 Å². The highest BCUT2D eigenvalue weighted by Crippen LogP contribution is 2.80. The fourth-order valence-corrected chi connectivity index (χ4v) is 3.54. The van der Waals surface area contributed by atoms with Crippen LogP contribution in [-0.2, 0) is 0 Å². The van der Waals surface area contributed by atoms with Gasteiger partial charge in [0.1, 0.15) is 0 Å². The second kappa shape index (κ2) is 2.02. The summed E-state index contributed by atoms with van der Waals surface area (Å²) in [6.45, 7) is 9.65. The maximum atomic E-state index is 2.46. The summed E-state index contributed by atoms with van der Waals surface area (Å²) in [5.41, 5.74) is 0.857. The van der Waals surface area contributed by atoms with E-state index < -0.39 is 0 Å². The minimum atomic E-state index is 0.857. The molecule has 2 fully saturated rings. The van der Waals surface area contributed by atoms with Gasteiger partial charge in [0.25, 0.3) is 0 Å². The predicted molar refractivity (Wildman–Crippen MR) is 48.3 cm³/mol. The molecule has 2 saturated carbocycles. The normalized spacial score (nSPS) is 56.2. The topological polar surface area (TPSA) is 0 Å². The number of hydrogen-bond acceptors (Lipinski definition) is 0. The van der Waals surface area contributed by atoms with E-state index in [0.717, 1.165) is 29.1 Å². The first-order valence-corrected chi connectivity index (χ1v) is 5.14. The molecule has 11 heavy (non-hydrogen) atoms. The molecule has 2 aliphatic rings. The fourth-order valence-electron chi connectivity index (χ4n) is 3.54. The Labute approximate surface area is 70.4 Å². The lowest BCUT2D eigenvalue weighted by atomic mass is 10.00. The minimum Gasteiger partial charge on any atom is -0.0651 e. The second-order valence-corrected chi connectivity index (χ2v) is 4.92. The average molecular weight is 152 g/mol. The smallest absolute Gasteiger partial charge is 0.0207 e. The van der Waals surface area contributed by atoms with Crippen LogP contribution in [0.15, 0.2) is 0 Å². The first-order chi connectivity index (χ1) is 5.14. The summed E-state index contributed by atoms with van der Waals surface area (Å²) < 4.78 is 0. The van der Waals surface area contributed by atoms with Gasteiger partial charge in [-0.25, -0.2) is 0 Å². The molecule has 0 amide bonds. The van der Waals surface area contributed by atoms with Crippen molar-refractivity contribution in [3.63, 3.8) is 0 Å². The molecule has 0 heterocycles. The van der Waals surface area contributed by atoms with Gasteiger partial charge in [-0.3, -0.25) is 0 Å².